The van der Waals surface area contributed by atoms with Crippen molar-refractivity contribution >= 4 is 23.2 Å². The number of likely N-dealkylation sites (tertiary alicyclic amines) is 1. The summed E-state index contributed by atoms with van der Waals surface area (Å²) < 4.78 is 5.31. The molecule has 2 unspecified atom stereocenters. The molecule has 110 valence electrons. The zero-order valence-corrected chi connectivity index (χ0v) is 12.1. The van der Waals surface area contributed by atoms with Crippen molar-refractivity contribution in [2.24, 2.45) is 5.92 Å². The molecule has 2 aromatic heterocycles. The Balaban J connectivity index is 1.95. The summed E-state index contributed by atoms with van der Waals surface area (Å²) in [6.07, 6.45) is 2.20. The zero-order valence-electron chi connectivity index (χ0n) is 11.3. The SMILES string of the molecule is O=C(O)C1CCC(=O)N(Cc2ccco2)C1c1cccs1. The first-order chi connectivity index (χ1) is 10.2. The molecule has 2 atom stereocenters. The Hall–Kier alpha value is -2.08. The second-order valence-electron chi connectivity index (χ2n) is 5.04. The Morgan fingerprint density at radius 2 is 2.29 bits per heavy atom. The molecule has 0 aliphatic carbocycles. The molecular weight excluding hydrogens is 290 g/mol. The molecule has 0 radical (unpaired) electrons. The Bertz CT molecular complexity index is 620. The summed E-state index contributed by atoms with van der Waals surface area (Å²) in [5, 5.41) is 11.4. The Morgan fingerprint density at radius 3 is 2.90 bits per heavy atom. The standard InChI is InChI=1S/C15H15NO4S/c17-13-6-5-11(15(18)19)14(12-4-2-8-21-12)16(13)9-10-3-1-7-20-10/h1-4,7-8,11,14H,5-6,9H2,(H,18,19). The number of piperidine rings is 1. The van der Waals surface area contributed by atoms with E-state index >= 15 is 0 Å². The van der Waals surface area contributed by atoms with Crippen LogP contribution < -0.4 is 0 Å². The lowest BCUT2D eigenvalue weighted by Crippen LogP contribution is -2.44. The van der Waals surface area contributed by atoms with Crippen LogP contribution in [0.25, 0.3) is 0 Å². The van der Waals surface area contributed by atoms with E-state index in [0.29, 0.717) is 18.7 Å². The number of carboxylic acid groups (broad SMARTS) is 1. The highest BCUT2D eigenvalue weighted by Crippen LogP contribution is 2.39. The van der Waals surface area contributed by atoms with Gasteiger partial charge >= 0.3 is 5.97 Å². The molecule has 1 fully saturated rings. The summed E-state index contributed by atoms with van der Waals surface area (Å²) >= 11 is 1.48. The summed E-state index contributed by atoms with van der Waals surface area (Å²) in [6.45, 7) is 0.304. The van der Waals surface area contributed by atoms with Gasteiger partial charge in [0.2, 0.25) is 5.91 Å². The first kappa shape index (κ1) is 13.9. The van der Waals surface area contributed by atoms with Crippen LogP contribution in [0.3, 0.4) is 0 Å². The largest absolute Gasteiger partial charge is 0.481 e. The van der Waals surface area contributed by atoms with Gasteiger partial charge in [0.05, 0.1) is 24.8 Å². The monoisotopic (exact) mass is 305 g/mol. The molecule has 1 amide bonds. The van der Waals surface area contributed by atoms with Crippen molar-refractivity contribution < 1.29 is 19.1 Å². The molecule has 1 N–H and O–H groups in total. The van der Waals surface area contributed by atoms with Crippen molar-refractivity contribution in [1.82, 2.24) is 4.90 Å². The number of amides is 1. The minimum absolute atomic E-state index is 0.0256. The van der Waals surface area contributed by atoms with Crippen LogP contribution in [0.4, 0.5) is 0 Å². The first-order valence-corrected chi connectivity index (χ1v) is 7.63. The van der Waals surface area contributed by atoms with E-state index in [1.165, 1.54) is 11.3 Å². The van der Waals surface area contributed by atoms with Gasteiger partial charge in [-0.05, 0) is 30.0 Å². The number of aliphatic carboxylic acids is 1. The average molecular weight is 305 g/mol. The number of carboxylic acids is 1. The number of carbonyl (C=O) groups is 2. The van der Waals surface area contributed by atoms with Gasteiger partial charge in [-0.1, -0.05) is 6.07 Å². The number of hydrogen-bond acceptors (Lipinski definition) is 4. The van der Waals surface area contributed by atoms with E-state index in [2.05, 4.69) is 0 Å². The Kier molecular flexibility index (Phi) is 3.79. The van der Waals surface area contributed by atoms with Crippen LogP contribution in [-0.2, 0) is 16.1 Å². The Morgan fingerprint density at radius 1 is 1.43 bits per heavy atom. The van der Waals surface area contributed by atoms with Gasteiger partial charge in [-0.15, -0.1) is 11.3 Å². The second-order valence-corrected chi connectivity index (χ2v) is 6.02. The third-order valence-corrected chi connectivity index (χ3v) is 4.71. The molecule has 6 heteroatoms. The van der Waals surface area contributed by atoms with Gasteiger partial charge in [0.15, 0.2) is 0 Å². The zero-order chi connectivity index (χ0) is 14.8. The first-order valence-electron chi connectivity index (χ1n) is 6.75. The molecule has 3 heterocycles. The van der Waals surface area contributed by atoms with E-state index in [1.54, 1.807) is 23.3 Å². The van der Waals surface area contributed by atoms with E-state index in [1.807, 2.05) is 17.5 Å². The van der Waals surface area contributed by atoms with E-state index in [0.717, 1.165) is 4.88 Å². The molecule has 0 spiro atoms. The lowest BCUT2D eigenvalue weighted by Gasteiger charge is -2.38. The number of carbonyl (C=O) groups excluding carboxylic acids is 1. The number of hydrogen-bond donors (Lipinski definition) is 1. The minimum Gasteiger partial charge on any atom is -0.481 e. The highest BCUT2D eigenvalue weighted by Gasteiger charge is 2.41. The van der Waals surface area contributed by atoms with Crippen LogP contribution in [-0.4, -0.2) is 21.9 Å². The smallest absolute Gasteiger partial charge is 0.308 e. The van der Waals surface area contributed by atoms with Crippen molar-refractivity contribution in [1.29, 1.82) is 0 Å². The summed E-state index contributed by atoms with van der Waals surface area (Å²) in [6, 6.07) is 6.90. The van der Waals surface area contributed by atoms with Crippen molar-refractivity contribution in [2.45, 2.75) is 25.4 Å². The van der Waals surface area contributed by atoms with Crippen molar-refractivity contribution in [3.8, 4) is 0 Å². The molecule has 0 bridgehead atoms. The fourth-order valence-electron chi connectivity index (χ4n) is 2.78. The number of nitrogens with zero attached hydrogens (tertiary/aromatic N) is 1. The molecule has 1 aliphatic heterocycles. The quantitative estimate of drug-likeness (QED) is 0.943. The maximum absolute atomic E-state index is 12.3. The number of thiophene rings is 1. The summed E-state index contributed by atoms with van der Waals surface area (Å²) in [5.41, 5.74) is 0. The lowest BCUT2D eigenvalue weighted by atomic mass is 9.87. The van der Waals surface area contributed by atoms with Crippen LogP contribution >= 0.6 is 11.3 Å². The van der Waals surface area contributed by atoms with Crippen molar-refractivity contribution in [3.63, 3.8) is 0 Å². The molecular formula is C15H15NO4S. The topological polar surface area (TPSA) is 70.8 Å². The normalized spacial score (nSPS) is 22.5. The fraction of sp³-hybridized carbons (Fsp3) is 0.333. The average Bonchev–Trinajstić information content (AvgIpc) is 3.13. The van der Waals surface area contributed by atoms with Crippen LogP contribution in [0.5, 0.6) is 0 Å². The maximum atomic E-state index is 12.3. The lowest BCUT2D eigenvalue weighted by molar-refractivity contribution is -0.152. The van der Waals surface area contributed by atoms with Gasteiger partial charge in [0.25, 0.3) is 0 Å². The Labute approximate surface area is 125 Å². The van der Waals surface area contributed by atoms with E-state index in [9.17, 15) is 14.7 Å². The van der Waals surface area contributed by atoms with Gasteiger partial charge in [0.1, 0.15) is 5.76 Å². The predicted octanol–water partition coefficient (Wildman–Crippen LogP) is 2.91. The molecule has 21 heavy (non-hydrogen) atoms. The van der Waals surface area contributed by atoms with E-state index in [4.69, 9.17) is 4.42 Å². The third-order valence-electron chi connectivity index (χ3n) is 3.76. The molecule has 0 aromatic carbocycles. The summed E-state index contributed by atoms with van der Waals surface area (Å²) in [5.74, 6) is -0.792. The highest BCUT2D eigenvalue weighted by atomic mass is 32.1. The molecule has 3 rings (SSSR count). The number of rotatable bonds is 4. The van der Waals surface area contributed by atoms with Gasteiger partial charge in [-0.2, -0.15) is 0 Å². The molecule has 0 saturated carbocycles. The maximum Gasteiger partial charge on any atom is 0.308 e. The van der Waals surface area contributed by atoms with Gasteiger partial charge in [-0.3, -0.25) is 9.59 Å². The molecule has 1 aliphatic rings. The van der Waals surface area contributed by atoms with Crippen molar-refractivity contribution in [2.75, 3.05) is 0 Å². The van der Waals surface area contributed by atoms with E-state index in [-0.39, 0.29) is 12.3 Å². The fourth-order valence-corrected chi connectivity index (χ4v) is 3.68. The highest BCUT2D eigenvalue weighted by molar-refractivity contribution is 7.10. The molecule has 1 saturated heterocycles. The third kappa shape index (κ3) is 2.71. The van der Waals surface area contributed by atoms with Crippen molar-refractivity contribution in [3.05, 3.63) is 46.5 Å². The van der Waals surface area contributed by atoms with Gasteiger partial charge < -0.3 is 14.4 Å². The van der Waals surface area contributed by atoms with Crippen LogP contribution in [0.15, 0.2) is 40.3 Å². The minimum atomic E-state index is -0.856. The van der Waals surface area contributed by atoms with Crippen LogP contribution in [0.1, 0.15) is 29.5 Å². The molecule has 5 nitrogen and oxygen atoms in total. The summed E-state index contributed by atoms with van der Waals surface area (Å²) in [4.78, 5) is 26.4. The predicted molar refractivity (Wildman–Crippen MR) is 76.7 cm³/mol. The summed E-state index contributed by atoms with van der Waals surface area (Å²) in [7, 11) is 0. The van der Waals surface area contributed by atoms with E-state index < -0.39 is 17.9 Å². The molecule has 2 aromatic rings. The second kappa shape index (κ2) is 5.73. The van der Waals surface area contributed by atoms with Crippen LogP contribution in [0.2, 0.25) is 0 Å². The van der Waals surface area contributed by atoms with Gasteiger partial charge in [0, 0.05) is 11.3 Å². The van der Waals surface area contributed by atoms with Crippen LogP contribution in [0, 0.1) is 5.92 Å². The number of furan rings is 1. The van der Waals surface area contributed by atoms with Gasteiger partial charge in [-0.25, -0.2) is 0 Å².